The van der Waals surface area contributed by atoms with E-state index in [1.54, 1.807) is 6.07 Å². The van der Waals surface area contributed by atoms with Gasteiger partial charge in [-0.1, -0.05) is 0 Å². The Kier molecular flexibility index (Phi) is 2.87. The molecular weight excluding hydrogens is 205 g/mol. The van der Waals surface area contributed by atoms with Crippen LogP contribution in [0.15, 0.2) is 23.1 Å². The lowest BCUT2D eigenvalue weighted by Gasteiger charge is -2.01. The third-order valence-electron chi connectivity index (χ3n) is 1.74. The van der Waals surface area contributed by atoms with E-state index in [0.29, 0.717) is 0 Å². The summed E-state index contributed by atoms with van der Waals surface area (Å²) in [5.41, 5.74) is 0.254. The molecule has 0 aliphatic rings. The Hall–Kier alpha value is -1.41. The topological polar surface area (TPSA) is 57.9 Å². The second-order valence-electron chi connectivity index (χ2n) is 2.83. The van der Waals surface area contributed by atoms with Crippen LogP contribution in [0.3, 0.4) is 0 Å². The van der Waals surface area contributed by atoms with Gasteiger partial charge in [0.1, 0.15) is 11.6 Å². The SMILES string of the molecule is Cc1cc(S(=O)(=O)CC#N)ccc1F. The minimum Gasteiger partial charge on any atom is -0.223 e. The normalized spacial score (nSPS) is 10.9. The molecular formula is C9H8FNO2S. The van der Waals surface area contributed by atoms with Crippen molar-refractivity contribution in [1.29, 1.82) is 5.26 Å². The summed E-state index contributed by atoms with van der Waals surface area (Å²) in [5.74, 6) is -1.04. The van der Waals surface area contributed by atoms with Gasteiger partial charge in [-0.25, -0.2) is 12.8 Å². The lowest BCUT2D eigenvalue weighted by Crippen LogP contribution is -2.05. The standard InChI is InChI=1S/C9H8FNO2S/c1-7-6-8(2-3-9(7)10)14(12,13)5-4-11/h2-3,6H,5H2,1H3. The van der Waals surface area contributed by atoms with E-state index in [1.807, 2.05) is 0 Å². The van der Waals surface area contributed by atoms with Gasteiger partial charge in [-0.2, -0.15) is 5.26 Å². The van der Waals surface area contributed by atoms with Gasteiger partial charge in [0.05, 0.1) is 11.0 Å². The highest BCUT2D eigenvalue weighted by molar-refractivity contribution is 7.91. The number of aryl methyl sites for hydroxylation is 1. The van der Waals surface area contributed by atoms with Crippen LogP contribution < -0.4 is 0 Å². The van der Waals surface area contributed by atoms with Crippen molar-refractivity contribution in [2.24, 2.45) is 0 Å². The van der Waals surface area contributed by atoms with E-state index in [0.717, 1.165) is 12.1 Å². The van der Waals surface area contributed by atoms with Gasteiger partial charge in [0.15, 0.2) is 9.84 Å². The van der Waals surface area contributed by atoms with E-state index in [-0.39, 0.29) is 10.5 Å². The molecule has 14 heavy (non-hydrogen) atoms. The summed E-state index contributed by atoms with van der Waals surface area (Å²) in [5, 5.41) is 8.28. The van der Waals surface area contributed by atoms with Crippen molar-refractivity contribution >= 4 is 9.84 Å². The molecule has 0 aliphatic heterocycles. The van der Waals surface area contributed by atoms with Crippen molar-refractivity contribution in [1.82, 2.24) is 0 Å². The van der Waals surface area contributed by atoms with E-state index in [1.165, 1.54) is 13.0 Å². The number of nitriles is 1. The van der Waals surface area contributed by atoms with E-state index in [4.69, 9.17) is 5.26 Å². The highest BCUT2D eigenvalue weighted by Gasteiger charge is 2.14. The van der Waals surface area contributed by atoms with Crippen LogP contribution in [-0.4, -0.2) is 14.2 Å². The van der Waals surface area contributed by atoms with Crippen LogP contribution in [0.5, 0.6) is 0 Å². The monoisotopic (exact) mass is 213 g/mol. The quantitative estimate of drug-likeness (QED) is 0.698. The molecule has 1 aromatic carbocycles. The molecule has 0 bridgehead atoms. The van der Waals surface area contributed by atoms with E-state index < -0.39 is 21.4 Å². The van der Waals surface area contributed by atoms with Crippen LogP contribution in [0.4, 0.5) is 4.39 Å². The Bertz CT molecular complexity index is 488. The fraction of sp³-hybridized carbons (Fsp3) is 0.222. The van der Waals surface area contributed by atoms with Gasteiger partial charge in [-0.05, 0) is 30.7 Å². The largest absolute Gasteiger partial charge is 0.223 e. The fourth-order valence-corrected chi connectivity index (χ4v) is 1.95. The minimum absolute atomic E-state index is 0.0158. The molecule has 0 N–H and O–H groups in total. The number of benzene rings is 1. The highest BCUT2D eigenvalue weighted by Crippen LogP contribution is 2.15. The van der Waals surface area contributed by atoms with Gasteiger partial charge in [-0.3, -0.25) is 0 Å². The van der Waals surface area contributed by atoms with Crippen LogP contribution in [0.1, 0.15) is 5.56 Å². The predicted octanol–water partition coefficient (Wildman–Crippen LogP) is 1.43. The van der Waals surface area contributed by atoms with Crippen LogP contribution in [0, 0.1) is 24.1 Å². The molecule has 0 atom stereocenters. The molecule has 74 valence electrons. The molecule has 0 fully saturated rings. The summed E-state index contributed by atoms with van der Waals surface area (Å²) in [7, 11) is -3.58. The zero-order valence-corrected chi connectivity index (χ0v) is 8.31. The first-order chi connectivity index (χ1) is 6.47. The van der Waals surface area contributed by atoms with Gasteiger partial charge in [-0.15, -0.1) is 0 Å². The zero-order valence-electron chi connectivity index (χ0n) is 7.49. The lowest BCUT2D eigenvalue weighted by atomic mass is 10.2. The highest BCUT2D eigenvalue weighted by atomic mass is 32.2. The summed E-state index contributed by atoms with van der Waals surface area (Å²) < 4.78 is 35.5. The van der Waals surface area contributed by atoms with Crippen LogP contribution >= 0.6 is 0 Å². The van der Waals surface area contributed by atoms with Crippen LogP contribution in [-0.2, 0) is 9.84 Å². The van der Waals surface area contributed by atoms with Crippen molar-refractivity contribution in [2.45, 2.75) is 11.8 Å². The van der Waals surface area contributed by atoms with Crippen molar-refractivity contribution in [2.75, 3.05) is 5.75 Å². The molecule has 1 aromatic rings. The van der Waals surface area contributed by atoms with E-state index >= 15 is 0 Å². The molecule has 0 saturated carbocycles. The van der Waals surface area contributed by atoms with Crippen molar-refractivity contribution < 1.29 is 12.8 Å². The number of halogens is 1. The smallest absolute Gasteiger partial charge is 0.191 e. The summed E-state index contributed by atoms with van der Waals surface area (Å²) in [4.78, 5) is -0.0158. The summed E-state index contributed by atoms with van der Waals surface area (Å²) in [6, 6.07) is 5.03. The molecule has 5 heteroatoms. The van der Waals surface area contributed by atoms with Gasteiger partial charge in [0.25, 0.3) is 0 Å². The molecule has 0 saturated heterocycles. The Labute approximate surface area is 81.7 Å². The van der Waals surface area contributed by atoms with Gasteiger partial charge < -0.3 is 0 Å². The molecule has 0 radical (unpaired) electrons. The van der Waals surface area contributed by atoms with Gasteiger partial charge >= 0.3 is 0 Å². The summed E-state index contributed by atoms with van der Waals surface area (Å²) in [6.07, 6.45) is 0. The maximum Gasteiger partial charge on any atom is 0.191 e. The molecule has 0 spiro atoms. The van der Waals surface area contributed by atoms with Gasteiger partial charge in [0, 0.05) is 0 Å². The third-order valence-corrected chi connectivity index (χ3v) is 3.22. The maximum atomic E-state index is 12.8. The molecule has 0 amide bonds. The third kappa shape index (κ3) is 2.09. The first-order valence-electron chi connectivity index (χ1n) is 3.83. The predicted molar refractivity (Wildman–Crippen MR) is 48.8 cm³/mol. The summed E-state index contributed by atoms with van der Waals surface area (Å²) >= 11 is 0. The van der Waals surface area contributed by atoms with Crippen molar-refractivity contribution in [3.8, 4) is 6.07 Å². The fourth-order valence-electron chi connectivity index (χ4n) is 0.979. The molecule has 0 aromatic heterocycles. The molecule has 0 heterocycles. The van der Waals surface area contributed by atoms with Crippen LogP contribution in [0.2, 0.25) is 0 Å². The summed E-state index contributed by atoms with van der Waals surface area (Å²) in [6.45, 7) is 1.47. The second-order valence-corrected chi connectivity index (χ2v) is 4.82. The minimum atomic E-state index is -3.58. The Balaban J connectivity index is 3.23. The lowest BCUT2D eigenvalue weighted by molar-refractivity contribution is 0.596. The first-order valence-corrected chi connectivity index (χ1v) is 5.48. The molecule has 3 nitrogen and oxygen atoms in total. The maximum absolute atomic E-state index is 12.8. The van der Waals surface area contributed by atoms with Crippen molar-refractivity contribution in [3.05, 3.63) is 29.6 Å². The zero-order chi connectivity index (χ0) is 10.8. The molecule has 0 aliphatic carbocycles. The number of hydrogen-bond acceptors (Lipinski definition) is 3. The Morgan fingerprint density at radius 3 is 2.64 bits per heavy atom. The average Bonchev–Trinajstić information content (AvgIpc) is 2.09. The van der Waals surface area contributed by atoms with Crippen LogP contribution in [0.25, 0.3) is 0 Å². The number of rotatable bonds is 2. The Morgan fingerprint density at radius 2 is 2.14 bits per heavy atom. The second kappa shape index (κ2) is 3.76. The van der Waals surface area contributed by atoms with E-state index in [9.17, 15) is 12.8 Å². The molecule has 0 unspecified atom stereocenters. The average molecular weight is 213 g/mol. The number of hydrogen-bond donors (Lipinski definition) is 0. The number of nitrogens with zero attached hydrogens (tertiary/aromatic N) is 1. The Morgan fingerprint density at radius 1 is 1.50 bits per heavy atom. The first kappa shape index (κ1) is 10.7. The van der Waals surface area contributed by atoms with E-state index in [2.05, 4.69) is 0 Å². The van der Waals surface area contributed by atoms with Crippen molar-refractivity contribution in [3.63, 3.8) is 0 Å². The molecule has 1 rings (SSSR count). The van der Waals surface area contributed by atoms with Gasteiger partial charge in [0.2, 0.25) is 0 Å². The number of sulfone groups is 1.